The summed E-state index contributed by atoms with van der Waals surface area (Å²) < 4.78 is 11.4. The van der Waals surface area contributed by atoms with E-state index in [4.69, 9.17) is 4.74 Å². The fraction of sp³-hybridized carbons (Fsp3) is 0.700. The highest BCUT2D eigenvalue weighted by atomic mass is 32.2. The van der Waals surface area contributed by atoms with E-state index in [9.17, 15) is 4.79 Å². The largest absolute Gasteiger partial charge is 0.464 e. The number of ether oxygens (including phenoxy) is 2. The molecule has 1 heterocycles. The first-order valence-corrected chi connectivity index (χ1v) is 6.62. The van der Waals surface area contributed by atoms with Gasteiger partial charge in [0.25, 0.3) is 0 Å². The lowest BCUT2D eigenvalue weighted by Crippen LogP contribution is -2.11. The number of carbonyl (C=O) groups is 1. The molecule has 0 aliphatic rings. The molecule has 0 spiro atoms. The molecule has 6 nitrogen and oxygen atoms in total. The lowest BCUT2D eigenvalue weighted by molar-refractivity contribution is 0.0588. The molecule has 0 aliphatic heterocycles. The lowest BCUT2D eigenvalue weighted by atomic mass is 10.3. The zero-order chi connectivity index (χ0) is 12.7. The van der Waals surface area contributed by atoms with Gasteiger partial charge in [-0.1, -0.05) is 5.21 Å². The van der Waals surface area contributed by atoms with Crippen LogP contribution in [0.2, 0.25) is 0 Å². The van der Waals surface area contributed by atoms with E-state index < -0.39 is 5.97 Å². The number of aryl methyl sites for hydroxylation is 1. The summed E-state index contributed by atoms with van der Waals surface area (Å²) in [5, 5.41) is 7.79. The first-order chi connectivity index (χ1) is 8.24. The third-order valence-corrected chi connectivity index (χ3v) is 2.91. The minimum Gasteiger partial charge on any atom is -0.464 e. The summed E-state index contributed by atoms with van der Waals surface area (Å²) >= 11 is 1.77. The zero-order valence-electron chi connectivity index (χ0n) is 10.3. The number of rotatable bonds is 7. The van der Waals surface area contributed by atoms with E-state index >= 15 is 0 Å². The summed E-state index contributed by atoms with van der Waals surface area (Å²) in [6.07, 6.45) is 3.03. The van der Waals surface area contributed by atoms with Gasteiger partial charge in [0.05, 0.1) is 19.4 Å². The number of aromatic nitrogens is 3. The highest BCUT2D eigenvalue weighted by molar-refractivity contribution is 7.98. The fourth-order valence-electron chi connectivity index (χ4n) is 1.41. The molecule has 0 N–H and O–H groups in total. The molecule has 0 aromatic carbocycles. The predicted octanol–water partition coefficient (Wildman–Crippen LogP) is 0.964. The highest BCUT2D eigenvalue weighted by Gasteiger charge is 2.19. The normalized spacial score (nSPS) is 10.5. The maximum absolute atomic E-state index is 11.5. The molecular weight excluding hydrogens is 242 g/mol. The van der Waals surface area contributed by atoms with Gasteiger partial charge in [-0.05, 0) is 18.4 Å². The van der Waals surface area contributed by atoms with Crippen LogP contribution in [0.15, 0.2) is 0 Å². The minimum absolute atomic E-state index is 0.235. The van der Waals surface area contributed by atoms with E-state index in [0.717, 1.165) is 18.7 Å². The molecule has 0 atom stereocenters. The number of carbonyl (C=O) groups excluding carboxylic acids is 1. The first-order valence-electron chi connectivity index (χ1n) is 5.23. The summed E-state index contributed by atoms with van der Waals surface area (Å²) in [4.78, 5) is 11.5. The second-order valence-corrected chi connectivity index (χ2v) is 4.36. The van der Waals surface area contributed by atoms with Crippen molar-refractivity contribution in [2.75, 3.05) is 26.2 Å². The summed E-state index contributed by atoms with van der Waals surface area (Å²) in [6, 6.07) is 0. The van der Waals surface area contributed by atoms with Crippen LogP contribution >= 0.6 is 11.8 Å². The summed E-state index contributed by atoms with van der Waals surface area (Å²) in [7, 11) is 2.89. The molecule has 0 bridgehead atoms. The maximum Gasteiger partial charge on any atom is 0.360 e. The average molecular weight is 259 g/mol. The first kappa shape index (κ1) is 14.0. The molecule has 0 radical (unpaired) electrons. The van der Waals surface area contributed by atoms with Crippen molar-refractivity contribution in [1.29, 1.82) is 0 Å². The maximum atomic E-state index is 11.5. The Morgan fingerprint density at radius 3 is 2.82 bits per heavy atom. The molecule has 0 fully saturated rings. The van der Waals surface area contributed by atoms with Crippen LogP contribution in [0.5, 0.6) is 0 Å². The van der Waals surface area contributed by atoms with Crippen LogP contribution in [0, 0.1) is 0 Å². The van der Waals surface area contributed by atoms with Crippen LogP contribution in [0.1, 0.15) is 22.6 Å². The average Bonchev–Trinajstić information content (AvgIpc) is 2.73. The zero-order valence-corrected chi connectivity index (χ0v) is 11.1. The third-order valence-electron chi connectivity index (χ3n) is 2.22. The van der Waals surface area contributed by atoms with Crippen molar-refractivity contribution < 1.29 is 14.3 Å². The molecule has 17 heavy (non-hydrogen) atoms. The molecule has 0 saturated heterocycles. The van der Waals surface area contributed by atoms with Crippen molar-refractivity contribution >= 4 is 17.7 Å². The highest BCUT2D eigenvalue weighted by Crippen LogP contribution is 2.10. The third kappa shape index (κ3) is 3.71. The van der Waals surface area contributed by atoms with Crippen LogP contribution in [0.25, 0.3) is 0 Å². The molecular formula is C10H17N3O3S. The number of esters is 1. The van der Waals surface area contributed by atoms with E-state index in [0.29, 0.717) is 12.3 Å². The molecule has 0 saturated carbocycles. The standard InChI is InChI=1S/C10H17N3O3S/c1-15-7-8-9(10(14)16-2)11-12-13(8)5-4-6-17-3/h4-7H2,1-3H3. The van der Waals surface area contributed by atoms with Gasteiger partial charge in [-0.2, -0.15) is 11.8 Å². The van der Waals surface area contributed by atoms with Gasteiger partial charge in [-0.25, -0.2) is 9.48 Å². The van der Waals surface area contributed by atoms with E-state index in [1.807, 2.05) is 0 Å². The van der Waals surface area contributed by atoms with Gasteiger partial charge in [0.15, 0.2) is 5.69 Å². The van der Waals surface area contributed by atoms with Crippen LogP contribution in [-0.4, -0.2) is 47.2 Å². The topological polar surface area (TPSA) is 66.2 Å². The Bertz CT molecular complexity index is 368. The van der Waals surface area contributed by atoms with Gasteiger partial charge in [0.1, 0.15) is 0 Å². The van der Waals surface area contributed by atoms with E-state index in [-0.39, 0.29) is 5.69 Å². The fourth-order valence-corrected chi connectivity index (χ4v) is 1.82. The Morgan fingerprint density at radius 1 is 1.47 bits per heavy atom. The Labute approximate surface area is 105 Å². The van der Waals surface area contributed by atoms with Crippen molar-refractivity contribution in [3.05, 3.63) is 11.4 Å². The molecule has 1 aromatic heterocycles. The van der Waals surface area contributed by atoms with Crippen LogP contribution < -0.4 is 0 Å². The van der Waals surface area contributed by atoms with Crippen molar-refractivity contribution in [2.24, 2.45) is 0 Å². The SMILES string of the molecule is COCc1c(C(=O)OC)nnn1CCCSC. The van der Waals surface area contributed by atoms with Gasteiger partial charge >= 0.3 is 5.97 Å². The van der Waals surface area contributed by atoms with Gasteiger partial charge in [-0.15, -0.1) is 5.10 Å². The molecule has 0 amide bonds. The molecule has 1 aromatic rings. The van der Waals surface area contributed by atoms with Crippen molar-refractivity contribution in [3.63, 3.8) is 0 Å². The Balaban J connectivity index is 2.82. The molecule has 0 aliphatic carbocycles. The van der Waals surface area contributed by atoms with Crippen LogP contribution in [-0.2, 0) is 22.6 Å². The van der Waals surface area contributed by atoms with Gasteiger partial charge in [0, 0.05) is 13.7 Å². The number of hydrogen-bond acceptors (Lipinski definition) is 6. The van der Waals surface area contributed by atoms with E-state index in [1.165, 1.54) is 7.11 Å². The predicted molar refractivity (Wildman–Crippen MR) is 65.1 cm³/mol. The summed E-state index contributed by atoms with van der Waals surface area (Å²) in [5.74, 6) is 0.563. The number of thioether (sulfide) groups is 1. The van der Waals surface area contributed by atoms with Gasteiger partial charge in [-0.3, -0.25) is 0 Å². The van der Waals surface area contributed by atoms with Crippen molar-refractivity contribution in [3.8, 4) is 0 Å². The van der Waals surface area contributed by atoms with Crippen LogP contribution in [0.3, 0.4) is 0 Å². The molecule has 1 rings (SSSR count). The second kappa shape index (κ2) is 7.29. The molecule has 7 heteroatoms. The Hall–Kier alpha value is -1.08. The smallest absolute Gasteiger partial charge is 0.360 e. The Morgan fingerprint density at radius 2 is 2.24 bits per heavy atom. The number of methoxy groups -OCH3 is 2. The lowest BCUT2D eigenvalue weighted by Gasteiger charge is -2.05. The van der Waals surface area contributed by atoms with Gasteiger partial charge < -0.3 is 9.47 Å². The molecule has 0 unspecified atom stereocenters. The quantitative estimate of drug-likeness (QED) is 0.537. The number of hydrogen-bond donors (Lipinski definition) is 0. The van der Waals surface area contributed by atoms with Crippen LogP contribution in [0.4, 0.5) is 0 Å². The second-order valence-electron chi connectivity index (χ2n) is 3.38. The van der Waals surface area contributed by atoms with Crippen molar-refractivity contribution in [1.82, 2.24) is 15.0 Å². The van der Waals surface area contributed by atoms with E-state index in [1.54, 1.807) is 23.6 Å². The summed E-state index contributed by atoms with van der Waals surface area (Å²) in [5.41, 5.74) is 0.902. The van der Waals surface area contributed by atoms with E-state index in [2.05, 4.69) is 21.3 Å². The number of nitrogens with zero attached hydrogens (tertiary/aromatic N) is 3. The van der Waals surface area contributed by atoms with Gasteiger partial charge in [0.2, 0.25) is 0 Å². The monoisotopic (exact) mass is 259 g/mol. The van der Waals surface area contributed by atoms with Crippen molar-refractivity contribution in [2.45, 2.75) is 19.6 Å². The Kier molecular flexibility index (Phi) is 5.99. The molecule has 96 valence electrons. The summed E-state index contributed by atoms with van der Waals surface area (Å²) in [6.45, 7) is 1.03. The minimum atomic E-state index is -0.479.